The van der Waals surface area contributed by atoms with E-state index in [-0.39, 0.29) is 0 Å². The first kappa shape index (κ1) is 38.4. The highest BCUT2D eigenvalue weighted by Crippen LogP contribution is 2.59. The van der Waals surface area contributed by atoms with Gasteiger partial charge in [0, 0.05) is 26.6 Å². The Balaban J connectivity index is 1.07. The Morgan fingerprint density at radius 2 is 0.697 bits per heavy atom. The summed E-state index contributed by atoms with van der Waals surface area (Å²) in [4.78, 5) is 3.77. The van der Waals surface area contributed by atoms with Crippen molar-refractivity contribution in [3.63, 3.8) is 0 Å². The first-order valence-electron chi connectivity index (χ1n) is 22.8. The lowest BCUT2D eigenvalue weighted by molar-refractivity contribution is 0.768. The molecule has 1 aromatic heterocycles. The van der Waals surface area contributed by atoms with E-state index in [4.69, 9.17) is 0 Å². The molecule has 10 aromatic carbocycles. The van der Waals surface area contributed by atoms with Crippen LogP contribution in [0.1, 0.15) is 44.5 Å². The third kappa shape index (κ3) is 5.65. The Labute approximate surface area is 390 Å². The molecule has 0 bridgehead atoms. The van der Waals surface area contributed by atoms with Crippen molar-refractivity contribution in [2.45, 2.75) is 10.8 Å². The van der Waals surface area contributed by atoms with Crippen LogP contribution in [0.2, 0.25) is 0 Å². The van der Waals surface area contributed by atoms with E-state index < -0.39 is 10.8 Å². The monoisotopic (exact) mass is 857 g/mol. The van der Waals surface area contributed by atoms with Crippen LogP contribution in [0.3, 0.4) is 0 Å². The minimum Gasteiger partial charge on any atom is -0.310 e. The molecular weight excluding hydrogens is 815 g/mol. The highest BCUT2D eigenvalue weighted by molar-refractivity contribution is 7.22. The van der Waals surface area contributed by atoms with Gasteiger partial charge in [0.2, 0.25) is 0 Å². The number of rotatable bonds is 8. The fourth-order valence-electron chi connectivity index (χ4n) is 11.5. The molecule has 0 radical (unpaired) electrons. The van der Waals surface area contributed by atoms with Crippen molar-refractivity contribution in [2.24, 2.45) is 0 Å². The van der Waals surface area contributed by atoms with E-state index in [1.165, 1.54) is 87.3 Å². The standard InChI is InChI=1S/C64H43NS/c1-6-20-44(21-7-1)62-41-45-40-50(36-39-61(45)66-62)65(51-35-38-59-56(42-51)54-31-17-19-33-58(54)63(59,46-22-8-2-9-23-46)47-24-10-3-11-25-47)52-34-37-55-53-30-16-18-32-57(53)64(60(55)43-52,48-26-12-4-13-27-48)49-28-14-5-15-29-49/h1-43H. The minimum atomic E-state index is -0.528. The molecule has 2 heteroatoms. The number of nitrogens with zero attached hydrogens (tertiary/aromatic N) is 1. The van der Waals surface area contributed by atoms with Gasteiger partial charge in [-0.25, -0.2) is 0 Å². The summed E-state index contributed by atoms with van der Waals surface area (Å²) in [5.41, 5.74) is 18.9. The molecular formula is C64H43NS. The molecule has 66 heavy (non-hydrogen) atoms. The van der Waals surface area contributed by atoms with Crippen LogP contribution in [0, 0.1) is 0 Å². The molecule has 0 N–H and O–H groups in total. The molecule has 11 aromatic rings. The van der Waals surface area contributed by atoms with Crippen LogP contribution < -0.4 is 4.90 Å². The van der Waals surface area contributed by atoms with Gasteiger partial charge < -0.3 is 4.90 Å². The van der Waals surface area contributed by atoms with Crippen LogP contribution in [0.25, 0.3) is 42.8 Å². The molecule has 0 atom stereocenters. The van der Waals surface area contributed by atoms with Crippen molar-refractivity contribution in [2.75, 3.05) is 4.90 Å². The summed E-state index contributed by atoms with van der Waals surface area (Å²) in [5, 5.41) is 1.23. The van der Waals surface area contributed by atoms with Crippen LogP contribution >= 0.6 is 11.3 Å². The summed E-state index contributed by atoms with van der Waals surface area (Å²) >= 11 is 1.85. The van der Waals surface area contributed by atoms with Gasteiger partial charge in [-0.1, -0.05) is 212 Å². The number of anilines is 3. The molecule has 0 aliphatic heterocycles. The maximum absolute atomic E-state index is 2.50. The van der Waals surface area contributed by atoms with Crippen LogP contribution in [0.15, 0.2) is 261 Å². The topological polar surface area (TPSA) is 3.24 Å². The first-order chi connectivity index (χ1) is 32.7. The third-order valence-electron chi connectivity index (χ3n) is 14.2. The lowest BCUT2D eigenvalue weighted by atomic mass is 9.67. The molecule has 0 saturated heterocycles. The second-order valence-electron chi connectivity index (χ2n) is 17.5. The van der Waals surface area contributed by atoms with E-state index in [1.54, 1.807) is 0 Å². The van der Waals surface area contributed by atoms with Gasteiger partial charge in [0.1, 0.15) is 0 Å². The molecule has 1 nitrogen and oxygen atoms in total. The molecule has 0 fully saturated rings. The fourth-order valence-corrected chi connectivity index (χ4v) is 12.6. The van der Waals surface area contributed by atoms with E-state index in [0.717, 1.165) is 17.1 Å². The van der Waals surface area contributed by atoms with Gasteiger partial charge in [0.15, 0.2) is 0 Å². The van der Waals surface area contributed by atoms with Crippen molar-refractivity contribution in [1.29, 1.82) is 0 Å². The van der Waals surface area contributed by atoms with Crippen molar-refractivity contribution >= 4 is 38.5 Å². The van der Waals surface area contributed by atoms with Crippen molar-refractivity contribution in [3.05, 3.63) is 305 Å². The average Bonchev–Trinajstić information content (AvgIpc) is 4.05. The summed E-state index contributed by atoms with van der Waals surface area (Å²) in [6, 6.07) is 97.0. The SMILES string of the molecule is c1ccc(-c2cc3cc(N(c4ccc5c(c4)-c4ccccc4C5(c4ccccc4)c4ccccc4)c4ccc5c(c4)C(c4ccccc4)(c4ccccc4)c4ccccc4-5)ccc3s2)cc1. The lowest BCUT2D eigenvalue weighted by Gasteiger charge is -2.35. The van der Waals surface area contributed by atoms with E-state index in [1.807, 2.05) is 11.3 Å². The quantitative estimate of drug-likeness (QED) is 0.147. The van der Waals surface area contributed by atoms with Gasteiger partial charge in [-0.2, -0.15) is 0 Å². The van der Waals surface area contributed by atoms with Crippen LogP contribution in [0.5, 0.6) is 0 Å². The van der Waals surface area contributed by atoms with Crippen molar-refractivity contribution in [3.8, 4) is 32.7 Å². The van der Waals surface area contributed by atoms with Gasteiger partial charge in [-0.15, -0.1) is 11.3 Å². The van der Waals surface area contributed by atoms with E-state index in [0.29, 0.717) is 0 Å². The minimum absolute atomic E-state index is 0.481. The lowest BCUT2D eigenvalue weighted by Crippen LogP contribution is -2.28. The Hall–Kier alpha value is -8.04. The highest BCUT2D eigenvalue weighted by Gasteiger charge is 2.48. The Kier molecular flexibility index (Phi) is 8.91. The van der Waals surface area contributed by atoms with Crippen LogP contribution in [0.4, 0.5) is 17.1 Å². The third-order valence-corrected chi connectivity index (χ3v) is 15.4. The second-order valence-corrected chi connectivity index (χ2v) is 18.6. The number of fused-ring (bicyclic) bond motifs is 7. The highest BCUT2D eigenvalue weighted by atomic mass is 32.1. The van der Waals surface area contributed by atoms with E-state index in [9.17, 15) is 0 Å². The Morgan fingerprint density at radius 3 is 1.27 bits per heavy atom. The Morgan fingerprint density at radius 1 is 0.288 bits per heavy atom. The van der Waals surface area contributed by atoms with Gasteiger partial charge >= 0.3 is 0 Å². The predicted molar refractivity (Wildman–Crippen MR) is 277 cm³/mol. The summed E-state index contributed by atoms with van der Waals surface area (Å²) in [6.45, 7) is 0. The van der Waals surface area contributed by atoms with Crippen LogP contribution in [-0.2, 0) is 10.8 Å². The van der Waals surface area contributed by atoms with Gasteiger partial charge in [0.25, 0.3) is 0 Å². The average molecular weight is 858 g/mol. The zero-order valence-corrected chi connectivity index (χ0v) is 37.0. The Bertz CT molecular complexity index is 3500. The fraction of sp³-hybridized carbons (Fsp3) is 0.0312. The predicted octanol–water partition coefficient (Wildman–Crippen LogP) is 16.8. The smallest absolute Gasteiger partial charge is 0.0714 e. The van der Waals surface area contributed by atoms with E-state index in [2.05, 4.69) is 266 Å². The number of hydrogen-bond donors (Lipinski definition) is 0. The molecule has 0 amide bonds. The maximum atomic E-state index is 2.50. The van der Waals surface area contributed by atoms with Crippen LogP contribution in [-0.4, -0.2) is 0 Å². The maximum Gasteiger partial charge on any atom is 0.0714 e. The van der Waals surface area contributed by atoms with E-state index >= 15 is 0 Å². The number of benzene rings is 10. The molecule has 2 aliphatic rings. The van der Waals surface area contributed by atoms with Gasteiger partial charge in [0.05, 0.1) is 10.8 Å². The molecule has 2 aliphatic carbocycles. The van der Waals surface area contributed by atoms with Gasteiger partial charge in [-0.05, 0) is 126 Å². The first-order valence-corrected chi connectivity index (χ1v) is 23.6. The summed E-state index contributed by atoms with van der Waals surface area (Å²) in [7, 11) is 0. The zero-order valence-electron chi connectivity index (χ0n) is 36.2. The molecule has 310 valence electrons. The molecule has 1 heterocycles. The van der Waals surface area contributed by atoms with Gasteiger partial charge in [-0.3, -0.25) is 0 Å². The zero-order chi connectivity index (χ0) is 43.7. The summed E-state index contributed by atoms with van der Waals surface area (Å²) < 4.78 is 1.27. The molecule has 0 unspecified atom stereocenters. The number of hydrogen-bond acceptors (Lipinski definition) is 2. The summed E-state index contributed by atoms with van der Waals surface area (Å²) in [6.07, 6.45) is 0. The molecule has 0 spiro atoms. The number of thiophene rings is 1. The van der Waals surface area contributed by atoms with Crippen molar-refractivity contribution in [1.82, 2.24) is 0 Å². The molecule has 13 rings (SSSR count). The second kappa shape index (κ2) is 15.3. The summed E-state index contributed by atoms with van der Waals surface area (Å²) in [5.74, 6) is 0. The van der Waals surface area contributed by atoms with Crippen molar-refractivity contribution < 1.29 is 0 Å². The normalized spacial score (nSPS) is 13.7. The largest absolute Gasteiger partial charge is 0.310 e. The molecule has 0 saturated carbocycles.